The van der Waals surface area contributed by atoms with E-state index >= 15 is 0 Å². The molecule has 3 heterocycles. The number of nitrogens with one attached hydrogen (secondary N) is 1. The van der Waals surface area contributed by atoms with Crippen molar-refractivity contribution in [3.8, 4) is 0 Å². The summed E-state index contributed by atoms with van der Waals surface area (Å²) < 4.78 is 0. The molecule has 6 heteroatoms. The van der Waals surface area contributed by atoms with Crippen LogP contribution in [0.5, 0.6) is 0 Å². The summed E-state index contributed by atoms with van der Waals surface area (Å²) in [6.07, 6.45) is 7.92. The number of nitrogens with zero attached hydrogens (tertiary/aromatic N) is 3. The third-order valence-electron chi connectivity index (χ3n) is 8.49. The first-order chi connectivity index (χ1) is 15.9. The molecule has 2 aromatic rings. The maximum Gasteiger partial charge on any atom is 0.274 e. The number of carbonyl (C=O) groups excluding carboxylic acids is 2. The summed E-state index contributed by atoms with van der Waals surface area (Å²) in [5.41, 5.74) is 2.71. The zero-order chi connectivity index (χ0) is 23.2. The zero-order valence-corrected chi connectivity index (χ0v) is 20.1. The number of amides is 2. The highest BCUT2D eigenvalue weighted by molar-refractivity contribution is 5.93. The molecule has 5 atom stereocenters. The molecule has 2 saturated heterocycles. The van der Waals surface area contributed by atoms with Gasteiger partial charge in [-0.15, -0.1) is 0 Å². The van der Waals surface area contributed by atoms with Gasteiger partial charge >= 0.3 is 0 Å². The van der Waals surface area contributed by atoms with Gasteiger partial charge in [0.2, 0.25) is 5.91 Å². The van der Waals surface area contributed by atoms with Crippen LogP contribution in [0.4, 0.5) is 0 Å². The first kappa shape index (κ1) is 22.2. The van der Waals surface area contributed by atoms with Gasteiger partial charge < -0.3 is 9.80 Å². The standard InChI is InChI=1S/C27H36N4O2/c1-4-5-12-20-16-21(29-28-20)26(33)31-23-17-27(3)24(13-9-14-25(27)31)30(18(2)32)22(23)15-19-10-7-6-8-11-19/h6-8,10-11,16,22-25H,4-5,9,12-15,17H2,1-3H3,(H,28,29)/t22-,23-,24+,25-,27+/m0/s1. The SMILES string of the molecule is CCCCc1cc(C(=O)N2[C@H]3CCC[C@H]4N(C(C)=O)[C@@H](Cc5ccccc5)[C@@H]2C[C@@]34C)n[nH]1. The van der Waals surface area contributed by atoms with E-state index in [1.807, 2.05) is 12.1 Å². The number of piperidine rings is 1. The van der Waals surface area contributed by atoms with Crippen molar-refractivity contribution in [2.75, 3.05) is 0 Å². The van der Waals surface area contributed by atoms with Crippen molar-refractivity contribution in [3.63, 3.8) is 0 Å². The molecular formula is C27H36N4O2. The summed E-state index contributed by atoms with van der Waals surface area (Å²) in [6.45, 7) is 6.18. The molecule has 0 unspecified atom stereocenters. The number of aromatic amines is 1. The normalized spacial score (nSPS) is 30.5. The van der Waals surface area contributed by atoms with Gasteiger partial charge in [0.25, 0.3) is 5.91 Å². The summed E-state index contributed by atoms with van der Waals surface area (Å²) in [4.78, 5) is 31.2. The Kier molecular flexibility index (Phi) is 5.79. The molecule has 5 rings (SSSR count). The summed E-state index contributed by atoms with van der Waals surface area (Å²) in [5, 5.41) is 7.51. The van der Waals surface area contributed by atoms with Crippen LogP contribution in [-0.2, 0) is 17.6 Å². The van der Waals surface area contributed by atoms with Crippen molar-refractivity contribution < 1.29 is 9.59 Å². The molecule has 3 aliphatic rings. The monoisotopic (exact) mass is 448 g/mol. The Balaban J connectivity index is 1.52. The van der Waals surface area contributed by atoms with Gasteiger partial charge in [-0.2, -0.15) is 5.10 Å². The highest BCUT2D eigenvalue weighted by atomic mass is 16.2. The van der Waals surface area contributed by atoms with E-state index in [0.717, 1.165) is 57.1 Å². The molecule has 33 heavy (non-hydrogen) atoms. The second kappa shape index (κ2) is 8.62. The molecule has 1 aliphatic carbocycles. The quantitative estimate of drug-likeness (QED) is 0.714. The second-order valence-electron chi connectivity index (χ2n) is 10.5. The van der Waals surface area contributed by atoms with Gasteiger partial charge in [-0.25, -0.2) is 0 Å². The van der Waals surface area contributed by atoms with Crippen molar-refractivity contribution in [3.05, 3.63) is 53.3 Å². The van der Waals surface area contributed by atoms with Crippen LogP contribution in [0.2, 0.25) is 0 Å². The van der Waals surface area contributed by atoms with Crippen LogP contribution in [-0.4, -0.2) is 56.0 Å². The minimum atomic E-state index is -0.0568. The molecule has 3 fully saturated rings. The first-order valence-corrected chi connectivity index (χ1v) is 12.6. The van der Waals surface area contributed by atoms with Crippen molar-refractivity contribution in [2.45, 2.75) is 96.3 Å². The van der Waals surface area contributed by atoms with Crippen LogP contribution in [0.1, 0.15) is 81.0 Å². The lowest BCUT2D eigenvalue weighted by Crippen LogP contribution is -2.62. The molecular weight excluding hydrogens is 412 g/mol. The van der Waals surface area contributed by atoms with E-state index in [1.54, 1.807) is 6.92 Å². The Hall–Kier alpha value is -2.63. The van der Waals surface area contributed by atoms with Gasteiger partial charge in [0.05, 0.1) is 12.1 Å². The van der Waals surface area contributed by atoms with E-state index < -0.39 is 0 Å². The molecule has 1 saturated carbocycles. The predicted molar refractivity (Wildman–Crippen MR) is 128 cm³/mol. The maximum atomic E-state index is 13.9. The minimum Gasteiger partial charge on any atom is -0.334 e. The molecule has 1 N–H and O–H groups in total. The molecule has 1 aromatic heterocycles. The Bertz CT molecular complexity index is 1020. The molecule has 176 valence electrons. The number of hydrogen-bond acceptors (Lipinski definition) is 3. The molecule has 2 amide bonds. The number of aromatic nitrogens is 2. The van der Waals surface area contributed by atoms with Gasteiger partial charge in [0, 0.05) is 30.1 Å². The lowest BCUT2D eigenvalue weighted by atomic mass is 9.64. The largest absolute Gasteiger partial charge is 0.334 e. The van der Waals surface area contributed by atoms with E-state index in [-0.39, 0.29) is 41.4 Å². The number of benzene rings is 1. The molecule has 1 aromatic carbocycles. The predicted octanol–water partition coefficient (Wildman–Crippen LogP) is 4.37. The van der Waals surface area contributed by atoms with E-state index in [9.17, 15) is 9.59 Å². The van der Waals surface area contributed by atoms with Crippen molar-refractivity contribution in [1.29, 1.82) is 0 Å². The Morgan fingerprint density at radius 1 is 1.15 bits per heavy atom. The van der Waals surface area contributed by atoms with Crippen LogP contribution < -0.4 is 0 Å². The van der Waals surface area contributed by atoms with Gasteiger partial charge in [-0.05, 0) is 56.6 Å². The summed E-state index contributed by atoms with van der Waals surface area (Å²) >= 11 is 0. The summed E-state index contributed by atoms with van der Waals surface area (Å²) in [6, 6.07) is 12.7. The van der Waals surface area contributed by atoms with Gasteiger partial charge in [-0.3, -0.25) is 14.7 Å². The number of unbranched alkanes of at least 4 members (excludes halogenated alkanes) is 1. The number of hydrogen-bond donors (Lipinski definition) is 1. The van der Waals surface area contributed by atoms with Crippen LogP contribution in [0.15, 0.2) is 36.4 Å². The van der Waals surface area contributed by atoms with Crippen LogP contribution in [0, 0.1) is 5.41 Å². The number of likely N-dealkylation sites (tertiary alicyclic amines) is 2. The average Bonchev–Trinajstić information content (AvgIpc) is 3.39. The summed E-state index contributed by atoms with van der Waals surface area (Å²) in [5.74, 6) is 0.158. The second-order valence-corrected chi connectivity index (χ2v) is 10.5. The fourth-order valence-electron chi connectivity index (χ4n) is 7.02. The number of carbonyl (C=O) groups is 2. The maximum absolute atomic E-state index is 13.9. The zero-order valence-electron chi connectivity index (χ0n) is 20.1. The molecule has 2 bridgehead atoms. The third kappa shape index (κ3) is 3.68. The molecule has 6 nitrogen and oxygen atoms in total. The van der Waals surface area contributed by atoms with Crippen LogP contribution in [0.25, 0.3) is 0 Å². The van der Waals surface area contributed by atoms with Gasteiger partial charge in [-0.1, -0.05) is 50.6 Å². The van der Waals surface area contributed by atoms with E-state index in [0.29, 0.717) is 5.69 Å². The number of fused-ring (bicyclic) bond motifs is 1. The highest BCUT2D eigenvalue weighted by Crippen LogP contribution is 2.56. The van der Waals surface area contributed by atoms with Gasteiger partial charge in [0.1, 0.15) is 5.69 Å². The smallest absolute Gasteiger partial charge is 0.274 e. The third-order valence-corrected chi connectivity index (χ3v) is 8.49. The van der Waals surface area contributed by atoms with Gasteiger partial charge in [0.15, 0.2) is 0 Å². The van der Waals surface area contributed by atoms with Crippen molar-refractivity contribution in [2.24, 2.45) is 5.41 Å². The lowest BCUT2D eigenvalue weighted by molar-refractivity contribution is -0.142. The average molecular weight is 449 g/mol. The molecule has 0 radical (unpaired) electrons. The number of aryl methyl sites for hydroxylation is 1. The Morgan fingerprint density at radius 3 is 2.58 bits per heavy atom. The van der Waals surface area contributed by atoms with E-state index in [2.05, 4.69) is 58.1 Å². The number of H-pyrrole nitrogens is 1. The first-order valence-electron chi connectivity index (χ1n) is 12.6. The number of rotatable bonds is 6. The van der Waals surface area contributed by atoms with Crippen LogP contribution in [0.3, 0.4) is 0 Å². The topological polar surface area (TPSA) is 69.3 Å². The molecule has 2 aliphatic heterocycles. The fraction of sp³-hybridized carbons (Fsp3) is 0.593. The lowest BCUT2D eigenvalue weighted by Gasteiger charge is -2.52. The Labute approximate surface area is 196 Å². The minimum absolute atomic E-state index is 0.00599. The van der Waals surface area contributed by atoms with Crippen LogP contribution >= 0.6 is 0 Å². The molecule has 0 spiro atoms. The fourth-order valence-corrected chi connectivity index (χ4v) is 7.02. The van der Waals surface area contributed by atoms with Crippen molar-refractivity contribution >= 4 is 11.8 Å². The summed E-state index contributed by atoms with van der Waals surface area (Å²) in [7, 11) is 0. The van der Waals surface area contributed by atoms with E-state index in [1.165, 1.54) is 5.56 Å². The Morgan fingerprint density at radius 2 is 1.88 bits per heavy atom. The van der Waals surface area contributed by atoms with E-state index in [4.69, 9.17) is 0 Å². The van der Waals surface area contributed by atoms with Crippen molar-refractivity contribution in [1.82, 2.24) is 20.0 Å². The highest BCUT2D eigenvalue weighted by Gasteiger charge is 2.64.